The topological polar surface area (TPSA) is 57.6 Å². The first-order valence-corrected chi connectivity index (χ1v) is 8.22. The maximum absolute atomic E-state index is 12.9. The molecule has 0 heterocycles. The van der Waals surface area contributed by atoms with Gasteiger partial charge in [0.05, 0.1) is 10.5 Å². The molecule has 1 aromatic carbocycles. The van der Waals surface area contributed by atoms with E-state index in [2.05, 4.69) is 0 Å². The molecule has 0 radical (unpaired) electrons. The van der Waals surface area contributed by atoms with Crippen molar-refractivity contribution in [3.05, 3.63) is 30.1 Å². The molecule has 0 amide bonds. The van der Waals surface area contributed by atoms with Crippen molar-refractivity contribution in [1.29, 1.82) is 0 Å². The lowest BCUT2D eigenvalue weighted by molar-refractivity contribution is -0.00722. The Kier molecular flexibility index (Phi) is 4.46. The molecule has 0 aliphatic heterocycles. The van der Waals surface area contributed by atoms with Crippen molar-refractivity contribution in [2.75, 3.05) is 13.6 Å². The molecule has 1 aromatic rings. The number of hydrogen-bond acceptors (Lipinski definition) is 3. The van der Waals surface area contributed by atoms with Crippen molar-refractivity contribution < 1.29 is 17.9 Å². The van der Waals surface area contributed by atoms with Crippen molar-refractivity contribution >= 4 is 10.0 Å². The van der Waals surface area contributed by atoms with Crippen molar-refractivity contribution in [2.45, 2.75) is 42.6 Å². The molecule has 1 aliphatic carbocycles. The molecule has 4 nitrogen and oxygen atoms in total. The lowest BCUT2D eigenvalue weighted by atomic mass is 9.85. The van der Waals surface area contributed by atoms with Gasteiger partial charge in [-0.25, -0.2) is 12.8 Å². The first kappa shape index (κ1) is 15.4. The lowest BCUT2D eigenvalue weighted by Gasteiger charge is -2.35. The summed E-state index contributed by atoms with van der Waals surface area (Å²) in [6.45, 7) is 0.0761. The van der Waals surface area contributed by atoms with Crippen LogP contribution in [0.3, 0.4) is 0 Å². The number of rotatable bonds is 4. The van der Waals surface area contributed by atoms with Crippen LogP contribution in [-0.2, 0) is 10.0 Å². The van der Waals surface area contributed by atoms with Crippen LogP contribution in [0.4, 0.5) is 4.39 Å². The third-order valence-corrected chi connectivity index (χ3v) is 5.64. The maximum Gasteiger partial charge on any atom is 0.242 e. The molecule has 2 rings (SSSR count). The minimum Gasteiger partial charge on any atom is -0.389 e. The smallest absolute Gasteiger partial charge is 0.242 e. The monoisotopic (exact) mass is 301 g/mol. The lowest BCUT2D eigenvalue weighted by Crippen LogP contribution is -2.45. The van der Waals surface area contributed by atoms with Crippen LogP contribution in [0.5, 0.6) is 0 Å². The van der Waals surface area contributed by atoms with Gasteiger partial charge in [-0.2, -0.15) is 4.31 Å². The molecule has 1 aliphatic rings. The van der Waals surface area contributed by atoms with Crippen molar-refractivity contribution in [3.8, 4) is 0 Å². The van der Waals surface area contributed by atoms with Gasteiger partial charge >= 0.3 is 0 Å². The summed E-state index contributed by atoms with van der Waals surface area (Å²) in [5.41, 5.74) is -0.944. The van der Waals surface area contributed by atoms with Crippen LogP contribution in [0, 0.1) is 5.82 Å². The van der Waals surface area contributed by atoms with Crippen LogP contribution in [0.25, 0.3) is 0 Å². The predicted molar refractivity (Wildman–Crippen MR) is 74.3 cm³/mol. The Bertz CT molecular complexity index is 550. The van der Waals surface area contributed by atoms with Gasteiger partial charge in [0.1, 0.15) is 5.82 Å². The summed E-state index contributed by atoms with van der Waals surface area (Å²) >= 11 is 0. The van der Waals surface area contributed by atoms with Gasteiger partial charge in [-0.3, -0.25) is 0 Å². The maximum atomic E-state index is 12.9. The molecule has 0 atom stereocenters. The number of halogens is 1. The molecule has 6 heteroatoms. The number of hydrogen-bond donors (Lipinski definition) is 1. The second-order valence-corrected chi connectivity index (χ2v) is 7.54. The molecule has 0 saturated heterocycles. The highest BCUT2D eigenvalue weighted by molar-refractivity contribution is 7.89. The van der Waals surface area contributed by atoms with Crippen LogP contribution in [-0.4, -0.2) is 37.0 Å². The molecule has 20 heavy (non-hydrogen) atoms. The van der Waals surface area contributed by atoms with Gasteiger partial charge in [0.15, 0.2) is 0 Å². The zero-order valence-corrected chi connectivity index (χ0v) is 12.4. The Morgan fingerprint density at radius 1 is 1.20 bits per heavy atom. The summed E-state index contributed by atoms with van der Waals surface area (Å²) in [6.07, 6.45) is 4.16. The van der Waals surface area contributed by atoms with Crippen molar-refractivity contribution in [3.63, 3.8) is 0 Å². The average molecular weight is 301 g/mol. The zero-order valence-electron chi connectivity index (χ0n) is 11.5. The largest absolute Gasteiger partial charge is 0.389 e. The van der Waals surface area contributed by atoms with E-state index in [9.17, 15) is 17.9 Å². The quantitative estimate of drug-likeness (QED) is 0.927. The summed E-state index contributed by atoms with van der Waals surface area (Å²) in [5, 5.41) is 10.4. The van der Waals surface area contributed by atoms with Crippen molar-refractivity contribution in [1.82, 2.24) is 4.31 Å². The summed E-state index contributed by atoms with van der Waals surface area (Å²) in [5.74, 6) is -0.475. The third kappa shape index (κ3) is 3.37. The molecular weight excluding hydrogens is 281 g/mol. The van der Waals surface area contributed by atoms with Crippen LogP contribution >= 0.6 is 0 Å². The fraction of sp³-hybridized carbons (Fsp3) is 0.571. The predicted octanol–water partition coefficient (Wildman–Crippen LogP) is 2.14. The third-order valence-electron chi connectivity index (χ3n) is 3.82. The van der Waals surface area contributed by atoms with E-state index < -0.39 is 21.4 Å². The van der Waals surface area contributed by atoms with Gasteiger partial charge < -0.3 is 5.11 Å². The average Bonchev–Trinajstić information content (AvgIpc) is 2.39. The van der Waals surface area contributed by atoms with Crippen LogP contribution in [0.2, 0.25) is 0 Å². The molecule has 0 spiro atoms. The first-order valence-electron chi connectivity index (χ1n) is 6.78. The highest BCUT2D eigenvalue weighted by Gasteiger charge is 2.34. The number of nitrogens with zero attached hydrogens (tertiary/aromatic N) is 1. The second-order valence-electron chi connectivity index (χ2n) is 5.50. The SMILES string of the molecule is CN(CC1(O)CCCCC1)S(=O)(=O)c1ccc(F)cc1. The molecule has 0 bridgehead atoms. The van der Waals surface area contributed by atoms with E-state index in [1.54, 1.807) is 0 Å². The molecule has 1 N–H and O–H groups in total. The van der Waals surface area contributed by atoms with Crippen LogP contribution in [0.15, 0.2) is 29.2 Å². The molecule has 112 valence electrons. The summed E-state index contributed by atoms with van der Waals surface area (Å²) in [4.78, 5) is 0.0424. The van der Waals surface area contributed by atoms with Crippen molar-refractivity contribution in [2.24, 2.45) is 0 Å². The van der Waals surface area contributed by atoms with Crippen LogP contribution < -0.4 is 0 Å². The highest BCUT2D eigenvalue weighted by atomic mass is 32.2. The number of sulfonamides is 1. The number of benzene rings is 1. The van der Waals surface area contributed by atoms with E-state index in [1.165, 1.54) is 19.2 Å². The van der Waals surface area contributed by atoms with E-state index in [0.717, 1.165) is 35.7 Å². The summed E-state index contributed by atoms with van der Waals surface area (Å²) < 4.78 is 38.7. The molecular formula is C14H20FNO3S. The Morgan fingerprint density at radius 3 is 2.30 bits per heavy atom. The number of aliphatic hydroxyl groups is 1. The van der Waals surface area contributed by atoms with Gasteiger partial charge in [-0.1, -0.05) is 19.3 Å². The van der Waals surface area contributed by atoms with Gasteiger partial charge in [0.2, 0.25) is 10.0 Å². The first-order chi connectivity index (χ1) is 9.33. The van der Waals surface area contributed by atoms with E-state index in [0.29, 0.717) is 12.8 Å². The van der Waals surface area contributed by atoms with Crippen LogP contribution in [0.1, 0.15) is 32.1 Å². The Labute approximate surface area is 119 Å². The van der Waals surface area contributed by atoms with Gasteiger partial charge in [-0.05, 0) is 37.1 Å². The van der Waals surface area contributed by atoms with Gasteiger partial charge in [-0.15, -0.1) is 0 Å². The normalized spacial score (nSPS) is 19.2. The Hall–Kier alpha value is -0.980. The Balaban J connectivity index is 2.14. The minimum absolute atomic E-state index is 0.0424. The molecule has 0 unspecified atom stereocenters. The Morgan fingerprint density at radius 2 is 1.75 bits per heavy atom. The van der Waals surface area contributed by atoms with E-state index in [4.69, 9.17) is 0 Å². The van der Waals surface area contributed by atoms with Gasteiger partial charge in [0.25, 0.3) is 0 Å². The molecule has 1 fully saturated rings. The minimum atomic E-state index is -3.69. The number of likely N-dealkylation sites (N-methyl/N-ethyl adjacent to an activating group) is 1. The zero-order chi connectivity index (χ0) is 14.8. The molecule has 0 aromatic heterocycles. The van der Waals surface area contributed by atoms with E-state index >= 15 is 0 Å². The van der Waals surface area contributed by atoms with E-state index in [-0.39, 0.29) is 11.4 Å². The summed E-state index contributed by atoms with van der Waals surface area (Å²) in [7, 11) is -2.24. The fourth-order valence-electron chi connectivity index (χ4n) is 2.65. The standard InChI is InChI=1S/C14H20FNO3S/c1-16(11-14(17)9-3-2-4-10-14)20(18,19)13-7-5-12(15)6-8-13/h5-8,17H,2-4,9-11H2,1H3. The highest BCUT2D eigenvalue weighted by Crippen LogP contribution is 2.30. The fourth-order valence-corrected chi connectivity index (χ4v) is 3.90. The van der Waals surface area contributed by atoms with Gasteiger partial charge in [0, 0.05) is 13.6 Å². The second kappa shape index (κ2) is 5.79. The summed E-state index contributed by atoms with van der Waals surface area (Å²) in [6, 6.07) is 4.73. The molecule has 1 saturated carbocycles. The van der Waals surface area contributed by atoms with E-state index in [1.807, 2.05) is 0 Å².